The molecule has 4 aromatic rings. The molecule has 0 amide bonds. The smallest absolute Gasteiger partial charge is 0.195 e. The number of hydrogen-bond donors (Lipinski definition) is 0. The molecule has 1 heterocycles. The van der Waals surface area contributed by atoms with Gasteiger partial charge in [-0.1, -0.05) is 65.9 Å². The molecular formula is C24H23N3OS2. The zero-order valence-corrected chi connectivity index (χ0v) is 18.4. The van der Waals surface area contributed by atoms with Crippen molar-refractivity contribution in [1.82, 2.24) is 14.8 Å². The lowest BCUT2D eigenvalue weighted by Crippen LogP contribution is -2.04. The summed E-state index contributed by atoms with van der Waals surface area (Å²) in [5, 5.41) is 9.84. The molecule has 4 rings (SSSR count). The standard InChI is InChI=1S/C24H23N3OS2/c1-19-12-14-21(15-13-19)28-16-17-29-24-26-25-23(18-30-22-10-6-3-7-11-22)27(24)20-8-4-2-5-9-20/h2-15H,16-18H2,1H3. The van der Waals surface area contributed by atoms with Gasteiger partial charge in [-0.3, -0.25) is 4.57 Å². The zero-order valence-electron chi connectivity index (χ0n) is 16.8. The number of aryl methyl sites for hydroxylation is 1. The fraction of sp³-hybridized carbons (Fsp3) is 0.167. The molecule has 4 nitrogen and oxygen atoms in total. The van der Waals surface area contributed by atoms with Crippen LogP contribution < -0.4 is 4.74 Å². The minimum Gasteiger partial charge on any atom is -0.493 e. The Morgan fingerprint density at radius 2 is 1.50 bits per heavy atom. The Labute approximate surface area is 185 Å². The van der Waals surface area contributed by atoms with Crippen LogP contribution in [0.5, 0.6) is 5.75 Å². The maximum absolute atomic E-state index is 5.86. The largest absolute Gasteiger partial charge is 0.493 e. The van der Waals surface area contributed by atoms with Crippen molar-refractivity contribution in [1.29, 1.82) is 0 Å². The quantitative estimate of drug-likeness (QED) is 0.238. The van der Waals surface area contributed by atoms with Crippen LogP contribution in [0.3, 0.4) is 0 Å². The SMILES string of the molecule is Cc1ccc(OCCSc2nnc(CSc3ccccc3)n2-c2ccccc2)cc1. The van der Waals surface area contributed by atoms with Gasteiger partial charge in [-0.25, -0.2) is 0 Å². The van der Waals surface area contributed by atoms with Gasteiger partial charge in [0.1, 0.15) is 11.6 Å². The molecule has 0 aliphatic carbocycles. The first-order chi connectivity index (χ1) is 14.8. The summed E-state index contributed by atoms with van der Waals surface area (Å²) in [5.41, 5.74) is 2.31. The van der Waals surface area contributed by atoms with Gasteiger partial charge in [0.05, 0.1) is 12.4 Å². The Kier molecular flexibility index (Phi) is 7.11. The number of nitrogens with zero attached hydrogens (tertiary/aromatic N) is 3. The molecule has 0 N–H and O–H groups in total. The van der Waals surface area contributed by atoms with Gasteiger partial charge in [0.2, 0.25) is 0 Å². The van der Waals surface area contributed by atoms with Crippen molar-refractivity contribution < 1.29 is 4.74 Å². The Morgan fingerprint density at radius 3 is 2.23 bits per heavy atom. The van der Waals surface area contributed by atoms with E-state index in [4.69, 9.17) is 4.74 Å². The first-order valence-electron chi connectivity index (χ1n) is 9.79. The van der Waals surface area contributed by atoms with Gasteiger partial charge in [0.15, 0.2) is 5.16 Å². The van der Waals surface area contributed by atoms with Crippen LogP contribution in [-0.2, 0) is 5.75 Å². The van der Waals surface area contributed by atoms with Gasteiger partial charge in [-0.2, -0.15) is 0 Å². The molecule has 0 spiro atoms. The molecule has 0 radical (unpaired) electrons. The number of para-hydroxylation sites is 1. The fourth-order valence-corrected chi connectivity index (χ4v) is 4.54. The monoisotopic (exact) mass is 433 g/mol. The van der Waals surface area contributed by atoms with Crippen molar-refractivity contribution in [2.24, 2.45) is 0 Å². The number of hydrogen-bond acceptors (Lipinski definition) is 5. The lowest BCUT2D eigenvalue weighted by Gasteiger charge is -2.10. The average Bonchev–Trinajstić information content (AvgIpc) is 3.20. The van der Waals surface area contributed by atoms with Crippen LogP contribution in [0.1, 0.15) is 11.4 Å². The predicted molar refractivity (Wildman–Crippen MR) is 125 cm³/mol. The third kappa shape index (κ3) is 5.46. The number of thioether (sulfide) groups is 2. The van der Waals surface area contributed by atoms with Crippen molar-refractivity contribution in [2.75, 3.05) is 12.4 Å². The molecule has 6 heteroatoms. The summed E-state index contributed by atoms with van der Waals surface area (Å²) in [6, 6.07) is 28.8. The van der Waals surface area contributed by atoms with Gasteiger partial charge >= 0.3 is 0 Å². The topological polar surface area (TPSA) is 39.9 Å². The summed E-state index contributed by atoms with van der Waals surface area (Å²) in [6.07, 6.45) is 0. The minimum absolute atomic E-state index is 0.615. The average molecular weight is 434 g/mol. The van der Waals surface area contributed by atoms with Crippen molar-refractivity contribution in [3.8, 4) is 11.4 Å². The predicted octanol–water partition coefficient (Wildman–Crippen LogP) is 6.04. The van der Waals surface area contributed by atoms with E-state index in [-0.39, 0.29) is 0 Å². The summed E-state index contributed by atoms with van der Waals surface area (Å²) in [5.74, 6) is 3.39. The number of benzene rings is 3. The normalized spacial score (nSPS) is 10.8. The molecule has 3 aromatic carbocycles. The molecule has 0 bridgehead atoms. The highest BCUT2D eigenvalue weighted by Gasteiger charge is 2.14. The van der Waals surface area contributed by atoms with Crippen LogP contribution in [0.25, 0.3) is 5.69 Å². The molecule has 0 fully saturated rings. The maximum Gasteiger partial charge on any atom is 0.195 e. The summed E-state index contributed by atoms with van der Waals surface area (Å²) in [4.78, 5) is 1.22. The second-order valence-electron chi connectivity index (χ2n) is 6.68. The van der Waals surface area contributed by atoms with E-state index < -0.39 is 0 Å². The Bertz CT molecular complexity index is 1050. The third-order valence-corrected chi connectivity index (χ3v) is 6.33. The first kappa shape index (κ1) is 20.6. The van der Waals surface area contributed by atoms with Crippen LogP contribution in [-0.4, -0.2) is 27.1 Å². The second-order valence-corrected chi connectivity index (χ2v) is 8.79. The summed E-state index contributed by atoms with van der Waals surface area (Å²) < 4.78 is 8.00. The van der Waals surface area contributed by atoms with Crippen LogP contribution in [0, 0.1) is 6.92 Å². The van der Waals surface area contributed by atoms with Gasteiger partial charge in [-0.05, 0) is 43.3 Å². The molecule has 0 aliphatic rings. The van der Waals surface area contributed by atoms with Gasteiger partial charge in [-0.15, -0.1) is 22.0 Å². The zero-order chi connectivity index (χ0) is 20.6. The van der Waals surface area contributed by atoms with E-state index in [0.29, 0.717) is 6.61 Å². The number of ether oxygens (including phenoxy) is 1. The number of aromatic nitrogens is 3. The van der Waals surface area contributed by atoms with Gasteiger partial charge in [0.25, 0.3) is 0 Å². The van der Waals surface area contributed by atoms with E-state index in [1.165, 1.54) is 10.5 Å². The maximum atomic E-state index is 5.86. The molecule has 0 saturated heterocycles. The summed E-state index contributed by atoms with van der Waals surface area (Å²) >= 11 is 3.43. The van der Waals surface area contributed by atoms with Crippen LogP contribution in [0.4, 0.5) is 0 Å². The summed E-state index contributed by atoms with van der Waals surface area (Å²) in [6.45, 7) is 2.69. The number of rotatable bonds is 9. The molecular weight excluding hydrogens is 410 g/mol. The van der Waals surface area contributed by atoms with E-state index in [9.17, 15) is 0 Å². The molecule has 0 saturated carbocycles. The first-order valence-corrected chi connectivity index (χ1v) is 11.8. The van der Waals surface area contributed by atoms with Crippen molar-refractivity contribution >= 4 is 23.5 Å². The Hall–Kier alpha value is -2.70. The Morgan fingerprint density at radius 1 is 0.800 bits per heavy atom. The van der Waals surface area contributed by atoms with Crippen LogP contribution >= 0.6 is 23.5 Å². The lowest BCUT2D eigenvalue weighted by molar-refractivity contribution is 0.344. The molecule has 30 heavy (non-hydrogen) atoms. The third-order valence-electron chi connectivity index (χ3n) is 4.43. The van der Waals surface area contributed by atoms with Gasteiger partial charge in [0, 0.05) is 16.3 Å². The highest BCUT2D eigenvalue weighted by Crippen LogP contribution is 2.27. The highest BCUT2D eigenvalue weighted by atomic mass is 32.2. The molecule has 0 unspecified atom stereocenters. The summed E-state index contributed by atoms with van der Waals surface area (Å²) in [7, 11) is 0. The van der Waals surface area contributed by atoms with Gasteiger partial charge < -0.3 is 4.74 Å². The fourth-order valence-electron chi connectivity index (χ4n) is 2.92. The molecule has 1 aromatic heterocycles. The van der Waals surface area contributed by atoms with Crippen LogP contribution in [0.15, 0.2) is 95.0 Å². The van der Waals surface area contributed by atoms with Crippen molar-refractivity contribution in [3.05, 3.63) is 96.3 Å². The van der Waals surface area contributed by atoms with Crippen molar-refractivity contribution in [3.63, 3.8) is 0 Å². The molecule has 152 valence electrons. The molecule has 0 aliphatic heterocycles. The minimum atomic E-state index is 0.615. The Balaban J connectivity index is 1.44. The van der Waals surface area contributed by atoms with E-state index in [2.05, 4.69) is 70.2 Å². The van der Waals surface area contributed by atoms with E-state index in [1.54, 1.807) is 23.5 Å². The lowest BCUT2D eigenvalue weighted by atomic mass is 10.2. The van der Waals surface area contributed by atoms with Crippen LogP contribution in [0.2, 0.25) is 0 Å². The van der Waals surface area contributed by atoms with E-state index in [1.807, 2.05) is 36.4 Å². The van der Waals surface area contributed by atoms with E-state index >= 15 is 0 Å². The van der Waals surface area contributed by atoms with Crippen molar-refractivity contribution in [2.45, 2.75) is 22.7 Å². The second kappa shape index (κ2) is 10.4. The van der Waals surface area contributed by atoms with E-state index in [0.717, 1.165) is 33.9 Å². The highest BCUT2D eigenvalue weighted by molar-refractivity contribution is 7.99. The molecule has 0 atom stereocenters.